The maximum absolute atomic E-state index is 11.5. The van der Waals surface area contributed by atoms with Gasteiger partial charge in [0.1, 0.15) is 6.42 Å². The van der Waals surface area contributed by atoms with E-state index in [-0.39, 0.29) is 6.54 Å². The second kappa shape index (κ2) is 5.40. The summed E-state index contributed by atoms with van der Waals surface area (Å²) < 4.78 is 34.6. The minimum atomic E-state index is -4.40. The monoisotopic (exact) mass is 247 g/mol. The van der Waals surface area contributed by atoms with Crippen LogP contribution in [-0.2, 0) is 4.79 Å². The van der Waals surface area contributed by atoms with Gasteiger partial charge in [0.05, 0.1) is 0 Å². The molecule has 0 bridgehead atoms. The summed E-state index contributed by atoms with van der Waals surface area (Å²) in [7, 11) is 0. The first kappa shape index (κ1) is 11.7. The summed E-state index contributed by atoms with van der Waals surface area (Å²) in [6.45, 7) is 0.278. The standard InChI is InChI=1S/C6H9BrF3NO/c7-2-1-3-11-5(12)4-6(8,9)10/h1-4H2,(H,11,12). The number of carbonyl (C=O) groups excluding carboxylic acids is 1. The minimum Gasteiger partial charge on any atom is -0.356 e. The van der Waals surface area contributed by atoms with Crippen LogP contribution in [-0.4, -0.2) is 24.0 Å². The Bertz CT molecular complexity index is 148. The highest BCUT2D eigenvalue weighted by Crippen LogP contribution is 2.18. The smallest absolute Gasteiger partial charge is 0.356 e. The molecular formula is C6H9BrF3NO. The first-order valence-electron chi connectivity index (χ1n) is 3.35. The van der Waals surface area contributed by atoms with Crippen LogP contribution in [0.3, 0.4) is 0 Å². The average molecular weight is 248 g/mol. The summed E-state index contributed by atoms with van der Waals surface area (Å²) in [5.74, 6) is -0.969. The van der Waals surface area contributed by atoms with Crippen LogP contribution in [0, 0.1) is 0 Å². The number of rotatable bonds is 4. The lowest BCUT2D eigenvalue weighted by Crippen LogP contribution is -2.29. The zero-order valence-electron chi connectivity index (χ0n) is 6.25. The number of hydrogen-bond donors (Lipinski definition) is 1. The van der Waals surface area contributed by atoms with Crippen molar-refractivity contribution in [2.75, 3.05) is 11.9 Å². The molecule has 0 aromatic rings. The van der Waals surface area contributed by atoms with Crippen molar-refractivity contribution in [2.45, 2.75) is 19.0 Å². The number of halogens is 4. The van der Waals surface area contributed by atoms with Gasteiger partial charge in [-0.15, -0.1) is 0 Å². The molecule has 0 aromatic heterocycles. The Morgan fingerprint density at radius 2 is 2.00 bits per heavy atom. The molecule has 0 heterocycles. The van der Waals surface area contributed by atoms with Gasteiger partial charge in [-0.25, -0.2) is 0 Å². The molecule has 0 fully saturated rings. The molecule has 0 aliphatic heterocycles. The molecule has 0 aliphatic rings. The van der Waals surface area contributed by atoms with E-state index < -0.39 is 18.5 Å². The second-order valence-corrected chi connectivity index (χ2v) is 2.98. The highest BCUT2D eigenvalue weighted by Gasteiger charge is 2.30. The number of carbonyl (C=O) groups is 1. The average Bonchev–Trinajstić information content (AvgIpc) is 1.84. The maximum Gasteiger partial charge on any atom is 0.397 e. The summed E-state index contributed by atoms with van der Waals surface area (Å²) in [6, 6.07) is 0. The summed E-state index contributed by atoms with van der Waals surface area (Å²) >= 11 is 3.09. The molecule has 1 N–H and O–H groups in total. The summed E-state index contributed by atoms with van der Waals surface area (Å²) in [4.78, 5) is 10.5. The van der Waals surface area contributed by atoms with Crippen LogP contribution >= 0.6 is 15.9 Å². The lowest BCUT2D eigenvalue weighted by molar-refractivity contribution is -0.153. The van der Waals surface area contributed by atoms with E-state index in [1.54, 1.807) is 0 Å². The molecule has 2 nitrogen and oxygen atoms in total. The number of alkyl halides is 4. The van der Waals surface area contributed by atoms with Crippen LogP contribution in [0.25, 0.3) is 0 Å². The van der Waals surface area contributed by atoms with Crippen molar-refractivity contribution in [3.63, 3.8) is 0 Å². The Kier molecular flexibility index (Phi) is 5.28. The predicted molar refractivity (Wildman–Crippen MR) is 42.1 cm³/mol. The van der Waals surface area contributed by atoms with Crippen molar-refractivity contribution in [3.8, 4) is 0 Å². The fourth-order valence-corrected chi connectivity index (χ4v) is 0.820. The Hall–Kier alpha value is -0.260. The highest BCUT2D eigenvalue weighted by atomic mass is 79.9. The van der Waals surface area contributed by atoms with Gasteiger partial charge < -0.3 is 5.32 Å². The van der Waals surface area contributed by atoms with E-state index in [1.807, 2.05) is 0 Å². The minimum absolute atomic E-state index is 0.278. The van der Waals surface area contributed by atoms with Gasteiger partial charge in [-0.05, 0) is 6.42 Å². The molecule has 0 saturated heterocycles. The van der Waals surface area contributed by atoms with Crippen LogP contribution < -0.4 is 5.32 Å². The SMILES string of the molecule is O=C(CC(F)(F)F)NCCCBr. The van der Waals surface area contributed by atoms with Gasteiger partial charge in [0, 0.05) is 11.9 Å². The zero-order chi connectivity index (χ0) is 9.61. The van der Waals surface area contributed by atoms with Crippen LogP contribution in [0.1, 0.15) is 12.8 Å². The molecule has 0 rings (SSSR count). The van der Waals surface area contributed by atoms with Gasteiger partial charge >= 0.3 is 6.18 Å². The van der Waals surface area contributed by atoms with E-state index in [0.29, 0.717) is 11.8 Å². The quantitative estimate of drug-likeness (QED) is 0.596. The third-order valence-corrected chi connectivity index (χ3v) is 1.55. The van der Waals surface area contributed by atoms with Gasteiger partial charge in [-0.3, -0.25) is 4.79 Å². The van der Waals surface area contributed by atoms with Crippen LogP contribution in [0.5, 0.6) is 0 Å². The van der Waals surface area contributed by atoms with E-state index in [2.05, 4.69) is 21.2 Å². The third kappa shape index (κ3) is 7.84. The van der Waals surface area contributed by atoms with Crippen molar-refractivity contribution < 1.29 is 18.0 Å². The highest BCUT2D eigenvalue weighted by molar-refractivity contribution is 9.09. The molecule has 12 heavy (non-hydrogen) atoms. The molecule has 6 heteroatoms. The van der Waals surface area contributed by atoms with Crippen molar-refractivity contribution in [1.82, 2.24) is 5.32 Å². The van der Waals surface area contributed by atoms with Crippen molar-refractivity contribution in [1.29, 1.82) is 0 Å². The lowest BCUT2D eigenvalue weighted by atomic mass is 10.4. The summed E-state index contributed by atoms with van der Waals surface area (Å²) in [5.41, 5.74) is 0. The van der Waals surface area contributed by atoms with Gasteiger partial charge in [-0.2, -0.15) is 13.2 Å². The topological polar surface area (TPSA) is 29.1 Å². The normalized spacial score (nSPS) is 11.3. The van der Waals surface area contributed by atoms with Gasteiger partial charge in [0.25, 0.3) is 0 Å². The molecule has 72 valence electrons. The van der Waals surface area contributed by atoms with Crippen LogP contribution in [0.4, 0.5) is 13.2 Å². The third-order valence-electron chi connectivity index (χ3n) is 0.994. The first-order valence-corrected chi connectivity index (χ1v) is 4.47. The maximum atomic E-state index is 11.5. The fourth-order valence-electron chi connectivity index (χ4n) is 0.539. The molecule has 0 aliphatic carbocycles. The van der Waals surface area contributed by atoms with Crippen molar-refractivity contribution in [2.24, 2.45) is 0 Å². The van der Waals surface area contributed by atoms with E-state index in [9.17, 15) is 18.0 Å². The molecule has 0 spiro atoms. The molecule has 0 saturated carbocycles. The molecular weight excluding hydrogens is 239 g/mol. The number of amides is 1. The van der Waals surface area contributed by atoms with Gasteiger partial charge in [0.15, 0.2) is 0 Å². The molecule has 0 unspecified atom stereocenters. The second-order valence-electron chi connectivity index (χ2n) is 2.18. The Balaban J connectivity index is 3.47. The lowest BCUT2D eigenvalue weighted by Gasteiger charge is -2.06. The molecule has 0 radical (unpaired) electrons. The van der Waals surface area contributed by atoms with E-state index in [0.717, 1.165) is 0 Å². The number of nitrogens with one attached hydrogen (secondary N) is 1. The molecule has 0 aromatic carbocycles. The Labute approximate surface area is 76.6 Å². The Morgan fingerprint density at radius 3 is 2.42 bits per heavy atom. The van der Waals surface area contributed by atoms with Gasteiger partial charge in [0.2, 0.25) is 5.91 Å². The predicted octanol–water partition coefficient (Wildman–Crippen LogP) is 1.84. The van der Waals surface area contributed by atoms with E-state index in [1.165, 1.54) is 0 Å². The van der Waals surface area contributed by atoms with Crippen LogP contribution in [0.15, 0.2) is 0 Å². The number of hydrogen-bond acceptors (Lipinski definition) is 1. The van der Waals surface area contributed by atoms with Gasteiger partial charge in [-0.1, -0.05) is 15.9 Å². The van der Waals surface area contributed by atoms with E-state index >= 15 is 0 Å². The first-order chi connectivity index (χ1) is 5.45. The largest absolute Gasteiger partial charge is 0.397 e. The summed E-state index contributed by atoms with van der Waals surface area (Å²) in [6.07, 6.45) is -5.17. The van der Waals surface area contributed by atoms with E-state index in [4.69, 9.17) is 0 Å². The zero-order valence-corrected chi connectivity index (χ0v) is 7.83. The molecule has 0 atom stereocenters. The Morgan fingerprint density at radius 1 is 1.42 bits per heavy atom. The van der Waals surface area contributed by atoms with Crippen molar-refractivity contribution in [3.05, 3.63) is 0 Å². The van der Waals surface area contributed by atoms with Crippen LogP contribution in [0.2, 0.25) is 0 Å². The summed E-state index contributed by atoms with van der Waals surface area (Å²) in [5, 5.41) is 2.82. The van der Waals surface area contributed by atoms with Crippen molar-refractivity contribution >= 4 is 21.8 Å². The molecule has 1 amide bonds. The fraction of sp³-hybridized carbons (Fsp3) is 0.833.